The molecular formula is C14H17N3O3S. The molecule has 0 amide bonds. The van der Waals surface area contributed by atoms with Gasteiger partial charge in [-0.3, -0.25) is 10.1 Å². The predicted octanol–water partition coefficient (Wildman–Crippen LogP) is 3.43. The molecule has 7 heteroatoms. The quantitative estimate of drug-likeness (QED) is 0.691. The topological polar surface area (TPSA) is 77.3 Å². The number of nitrogens with one attached hydrogen (secondary N) is 1. The summed E-state index contributed by atoms with van der Waals surface area (Å²) < 4.78 is 6.25. The minimum absolute atomic E-state index is 0.0559. The molecule has 1 aromatic heterocycles. The molecule has 1 aliphatic rings. The fourth-order valence-corrected chi connectivity index (χ4v) is 3.62. The second-order valence-electron chi connectivity index (χ2n) is 5.90. The van der Waals surface area contributed by atoms with Gasteiger partial charge in [0.05, 0.1) is 21.2 Å². The number of nitrogens with zero attached hydrogens (tertiary/aromatic N) is 2. The molecule has 0 saturated heterocycles. The molecule has 2 atom stereocenters. The van der Waals surface area contributed by atoms with Crippen LogP contribution < -0.4 is 5.32 Å². The molecule has 2 aromatic rings. The number of rotatable bonds is 4. The number of hydrogen-bond acceptors (Lipinski definition) is 6. The first-order chi connectivity index (χ1) is 9.95. The number of fused-ring (bicyclic) bond motifs is 1. The Morgan fingerprint density at radius 2 is 2.29 bits per heavy atom. The van der Waals surface area contributed by atoms with Gasteiger partial charge in [0.2, 0.25) is 0 Å². The van der Waals surface area contributed by atoms with Crippen molar-refractivity contribution >= 4 is 32.9 Å². The number of benzene rings is 1. The van der Waals surface area contributed by atoms with Gasteiger partial charge in [-0.05, 0) is 18.6 Å². The lowest BCUT2D eigenvalue weighted by Crippen LogP contribution is -2.57. The Hall–Kier alpha value is -1.73. The van der Waals surface area contributed by atoms with Crippen LogP contribution in [0.3, 0.4) is 0 Å². The van der Waals surface area contributed by atoms with Crippen LogP contribution in [0.4, 0.5) is 11.4 Å². The Kier molecular flexibility index (Phi) is 3.33. The Labute approximate surface area is 126 Å². The van der Waals surface area contributed by atoms with Gasteiger partial charge in [0.1, 0.15) is 5.69 Å². The number of hydrogen-bond donors (Lipinski definition) is 1. The maximum atomic E-state index is 11.4. The van der Waals surface area contributed by atoms with Crippen molar-refractivity contribution in [3.8, 4) is 0 Å². The van der Waals surface area contributed by atoms with Crippen molar-refractivity contribution in [1.29, 1.82) is 0 Å². The Morgan fingerprint density at radius 1 is 1.52 bits per heavy atom. The molecular weight excluding hydrogens is 290 g/mol. The summed E-state index contributed by atoms with van der Waals surface area (Å²) in [4.78, 5) is 15.2. The minimum Gasteiger partial charge on any atom is -0.381 e. The van der Waals surface area contributed by atoms with Crippen LogP contribution in [0.25, 0.3) is 10.2 Å². The van der Waals surface area contributed by atoms with Crippen molar-refractivity contribution in [1.82, 2.24) is 4.98 Å². The van der Waals surface area contributed by atoms with E-state index in [4.69, 9.17) is 4.74 Å². The van der Waals surface area contributed by atoms with E-state index >= 15 is 0 Å². The van der Waals surface area contributed by atoms with E-state index in [9.17, 15) is 10.1 Å². The van der Waals surface area contributed by atoms with E-state index in [0.717, 1.165) is 11.1 Å². The fourth-order valence-electron chi connectivity index (χ4n) is 2.94. The van der Waals surface area contributed by atoms with Gasteiger partial charge in [-0.1, -0.05) is 13.8 Å². The van der Waals surface area contributed by atoms with E-state index in [1.807, 2.05) is 6.07 Å². The molecule has 1 aliphatic carbocycles. The Morgan fingerprint density at radius 3 is 2.90 bits per heavy atom. The monoisotopic (exact) mass is 307 g/mol. The Balaban J connectivity index is 1.95. The zero-order chi connectivity index (χ0) is 15.2. The molecule has 1 heterocycles. The second-order valence-corrected chi connectivity index (χ2v) is 6.78. The van der Waals surface area contributed by atoms with Gasteiger partial charge in [-0.25, -0.2) is 4.98 Å². The molecule has 1 saturated carbocycles. The van der Waals surface area contributed by atoms with E-state index < -0.39 is 0 Å². The number of thiazole rings is 1. The molecule has 0 aliphatic heterocycles. The lowest BCUT2D eigenvalue weighted by Gasteiger charge is -2.51. The van der Waals surface area contributed by atoms with Gasteiger partial charge in [0.15, 0.2) is 5.52 Å². The summed E-state index contributed by atoms with van der Waals surface area (Å²) in [5.41, 5.74) is 2.63. The number of methoxy groups -OCH3 is 1. The highest BCUT2D eigenvalue weighted by atomic mass is 32.1. The minimum atomic E-state index is -0.357. The largest absolute Gasteiger partial charge is 0.381 e. The zero-order valence-corrected chi connectivity index (χ0v) is 12.9. The van der Waals surface area contributed by atoms with Gasteiger partial charge in [-0.2, -0.15) is 0 Å². The van der Waals surface area contributed by atoms with Crippen LogP contribution in [0.5, 0.6) is 0 Å². The average molecular weight is 307 g/mol. The van der Waals surface area contributed by atoms with Gasteiger partial charge in [0, 0.05) is 18.6 Å². The summed E-state index contributed by atoms with van der Waals surface area (Å²) in [6.45, 7) is 4.21. The summed E-state index contributed by atoms with van der Waals surface area (Å²) in [6, 6.07) is 3.80. The first kappa shape index (κ1) is 14.2. The van der Waals surface area contributed by atoms with Crippen molar-refractivity contribution < 1.29 is 9.66 Å². The third-order valence-corrected chi connectivity index (χ3v) is 5.24. The summed E-state index contributed by atoms with van der Waals surface area (Å²) >= 11 is 1.41. The van der Waals surface area contributed by atoms with E-state index in [1.54, 1.807) is 18.7 Å². The lowest BCUT2D eigenvalue weighted by molar-refractivity contribution is -0.382. The molecule has 112 valence electrons. The van der Waals surface area contributed by atoms with Crippen LogP contribution in [-0.2, 0) is 4.74 Å². The van der Waals surface area contributed by atoms with E-state index in [-0.39, 0.29) is 28.2 Å². The third kappa shape index (κ3) is 2.16. The smallest absolute Gasteiger partial charge is 0.319 e. The number of ether oxygens (including phenoxy) is 1. The first-order valence-corrected chi connectivity index (χ1v) is 7.63. The molecule has 1 N–H and O–H groups in total. The van der Waals surface area contributed by atoms with E-state index in [0.29, 0.717) is 11.2 Å². The summed E-state index contributed by atoms with van der Waals surface area (Å²) in [5.74, 6) is 0. The second kappa shape index (κ2) is 4.92. The molecule has 1 aromatic carbocycles. The lowest BCUT2D eigenvalue weighted by atomic mass is 9.64. The molecule has 1 fully saturated rings. The van der Waals surface area contributed by atoms with Gasteiger partial charge >= 0.3 is 5.69 Å². The van der Waals surface area contributed by atoms with Crippen LogP contribution in [-0.4, -0.2) is 29.2 Å². The first-order valence-electron chi connectivity index (χ1n) is 6.75. The summed E-state index contributed by atoms with van der Waals surface area (Å²) in [6.07, 6.45) is 1.02. The van der Waals surface area contributed by atoms with Crippen LogP contribution in [0, 0.1) is 15.5 Å². The molecule has 0 spiro atoms. The number of anilines is 1. The van der Waals surface area contributed by atoms with Crippen molar-refractivity contribution in [2.45, 2.75) is 32.4 Å². The van der Waals surface area contributed by atoms with Crippen LogP contribution in [0.15, 0.2) is 17.6 Å². The van der Waals surface area contributed by atoms with Gasteiger partial charge < -0.3 is 10.1 Å². The zero-order valence-electron chi connectivity index (χ0n) is 12.1. The number of nitro benzene ring substituents is 1. The average Bonchev–Trinajstić information content (AvgIpc) is 2.90. The molecule has 21 heavy (non-hydrogen) atoms. The highest BCUT2D eigenvalue weighted by Gasteiger charge is 2.49. The maximum absolute atomic E-state index is 11.4. The number of aromatic nitrogens is 1. The van der Waals surface area contributed by atoms with Crippen molar-refractivity contribution in [3.63, 3.8) is 0 Å². The molecule has 3 rings (SSSR count). The number of nitro groups is 1. The van der Waals surface area contributed by atoms with Crippen LogP contribution >= 0.6 is 11.3 Å². The van der Waals surface area contributed by atoms with E-state index in [1.165, 1.54) is 11.3 Å². The normalized spacial score (nSPS) is 23.8. The van der Waals surface area contributed by atoms with Crippen LogP contribution in [0.1, 0.15) is 20.3 Å². The SMILES string of the molecule is COC1CC(Nc2ccc3scnc3c2[N+](=O)[O-])C1(C)C. The highest BCUT2D eigenvalue weighted by molar-refractivity contribution is 7.16. The highest BCUT2D eigenvalue weighted by Crippen LogP contribution is 2.45. The third-order valence-electron chi connectivity index (χ3n) is 4.45. The van der Waals surface area contributed by atoms with Crippen molar-refractivity contribution in [2.75, 3.05) is 12.4 Å². The van der Waals surface area contributed by atoms with Gasteiger partial charge in [0.25, 0.3) is 0 Å². The standard InChI is InChI=1S/C14H17N3O3S/c1-14(2)10(6-11(14)20-3)16-8-4-5-9-12(15-7-21-9)13(8)17(18)19/h4-5,7,10-11,16H,6H2,1-3H3. The summed E-state index contributed by atoms with van der Waals surface area (Å²) in [7, 11) is 1.70. The van der Waals surface area contributed by atoms with Crippen LogP contribution in [0.2, 0.25) is 0 Å². The molecule has 2 unspecified atom stereocenters. The van der Waals surface area contributed by atoms with Gasteiger partial charge in [-0.15, -0.1) is 11.3 Å². The molecule has 0 bridgehead atoms. The maximum Gasteiger partial charge on any atom is 0.319 e. The fraction of sp³-hybridized carbons (Fsp3) is 0.500. The predicted molar refractivity (Wildman–Crippen MR) is 82.9 cm³/mol. The van der Waals surface area contributed by atoms with E-state index in [2.05, 4.69) is 24.1 Å². The van der Waals surface area contributed by atoms with Crippen molar-refractivity contribution in [3.05, 3.63) is 27.8 Å². The molecule has 0 radical (unpaired) electrons. The Bertz CT molecular complexity index is 698. The van der Waals surface area contributed by atoms with Crippen molar-refractivity contribution in [2.24, 2.45) is 5.41 Å². The summed E-state index contributed by atoms with van der Waals surface area (Å²) in [5, 5.41) is 14.7. The molecule has 6 nitrogen and oxygen atoms in total.